The van der Waals surface area contributed by atoms with Crippen molar-refractivity contribution in [3.63, 3.8) is 0 Å². The predicted molar refractivity (Wildman–Crippen MR) is 125 cm³/mol. The smallest absolute Gasteiger partial charge is 0.262 e. The number of nitrogens with one attached hydrogen (secondary N) is 1. The number of benzene rings is 2. The molecule has 3 N–H and O–H groups in total. The molecule has 0 saturated heterocycles. The molecule has 2 aromatic carbocycles. The van der Waals surface area contributed by atoms with Crippen LogP contribution >= 0.6 is 0 Å². The quantitative estimate of drug-likeness (QED) is 0.431. The molecule has 2 aromatic heterocycles. The molecular formula is C24H25N5O4. The minimum atomic E-state index is -0.568. The van der Waals surface area contributed by atoms with E-state index in [0.717, 1.165) is 5.52 Å². The van der Waals surface area contributed by atoms with Gasteiger partial charge in [0.1, 0.15) is 11.4 Å². The highest BCUT2D eigenvalue weighted by molar-refractivity contribution is 5.99. The maximum Gasteiger partial charge on any atom is 0.262 e. The molecule has 0 aliphatic heterocycles. The van der Waals surface area contributed by atoms with E-state index in [-0.39, 0.29) is 12.5 Å². The molecule has 0 aliphatic rings. The van der Waals surface area contributed by atoms with Crippen molar-refractivity contribution in [3.05, 3.63) is 60.3 Å². The van der Waals surface area contributed by atoms with E-state index in [1.165, 1.54) is 0 Å². The summed E-state index contributed by atoms with van der Waals surface area (Å²) in [4.78, 5) is 29.0. The highest BCUT2D eigenvalue weighted by atomic mass is 16.5. The Labute approximate surface area is 190 Å². The second kappa shape index (κ2) is 9.07. The SMILES string of the molecule is CCOc1c(C(N)=O)cn(C)c1-c1nc2cc(NC(=O)COc3ccccc3)ccc2n1C. The number of carbonyl (C=O) groups excluding carboxylic acids is 2. The molecule has 0 atom stereocenters. The minimum absolute atomic E-state index is 0.105. The van der Waals surface area contributed by atoms with Gasteiger partial charge in [-0.15, -0.1) is 0 Å². The molecule has 9 nitrogen and oxygen atoms in total. The van der Waals surface area contributed by atoms with Crippen molar-refractivity contribution in [2.24, 2.45) is 19.8 Å². The summed E-state index contributed by atoms with van der Waals surface area (Å²) in [5.41, 5.74) is 8.61. The molecule has 4 aromatic rings. The lowest BCUT2D eigenvalue weighted by atomic mass is 10.2. The first-order valence-electron chi connectivity index (χ1n) is 10.5. The molecule has 2 heterocycles. The summed E-state index contributed by atoms with van der Waals surface area (Å²) in [6.45, 7) is 2.11. The van der Waals surface area contributed by atoms with E-state index in [1.54, 1.807) is 35.0 Å². The number of fused-ring (bicyclic) bond motifs is 1. The monoisotopic (exact) mass is 447 g/mol. The van der Waals surface area contributed by atoms with Gasteiger partial charge in [0.05, 0.1) is 23.2 Å². The summed E-state index contributed by atoms with van der Waals surface area (Å²) in [5.74, 6) is 0.792. The Balaban J connectivity index is 1.61. The van der Waals surface area contributed by atoms with E-state index >= 15 is 0 Å². The second-order valence-electron chi connectivity index (χ2n) is 7.48. The van der Waals surface area contributed by atoms with Crippen molar-refractivity contribution >= 4 is 28.5 Å². The van der Waals surface area contributed by atoms with Crippen molar-refractivity contribution in [2.75, 3.05) is 18.5 Å². The number of nitrogens with two attached hydrogens (primary N) is 1. The number of nitrogens with zero attached hydrogens (tertiary/aromatic N) is 3. The number of para-hydroxylation sites is 1. The molecule has 170 valence electrons. The maximum atomic E-state index is 12.3. The van der Waals surface area contributed by atoms with E-state index < -0.39 is 5.91 Å². The van der Waals surface area contributed by atoms with Gasteiger partial charge in [-0.3, -0.25) is 9.59 Å². The van der Waals surface area contributed by atoms with Crippen molar-refractivity contribution in [3.8, 4) is 23.0 Å². The third kappa shape index (κ3) is 4.38. The van der Waals surface area contributed by atoms with Gasteiger partial charge in [-0.1, -0.05) is 18.2 Å². The van der Waals surface area contributed by atoms with E-state index in [9.17, 15) is 9.59 Å². The Morgan fingerprint density at radius 1 is 1.09 bits per heavy atom. The lowest BCUT2D eigenvalue weighted by molar-refractivity contribution is -0.118. The summed E-state index contributed by atoms with van der Waals surface area (Å²) in [7, 11) is 3.69. The summed E-state index contributed by atoms with van der Waals surface area (Å²) < 4.78 is 14.9. The van der Waals surface area contributed by atoms with Crippen LogP contribution in [0.25, 0.3) is 22.6 Å². The third-order valence-electron chi connectivity index (χ3n) is 5.18. The Morgan fingerprint density at radius 2 is 1.85 bits per heavy atom. The topological polar surface area (TPSA) is 113 Å². The Kier molecular flexibility index (Phi) is 6.03. The molecule has 0 aliphatic carbocycles. The zero-order chi connectivity index (χ0) is 23.5. The number of anilines is 1. The van der Waals surface area contributed by atoms with E-state index in [1.807, 2.05) is 49.9 Å². The fourth-order valence-electron chi connectivity index (χ4n) is 3.68. The van der Waals surface area contributed by atoms with Gasteiger partial charge < -0.3 is 29.7 Å². The van der Waals surface area contributed by atoms with Gasteiger partial charge in [0.2, 0.25) is 0 Å². The van der Waals surface area contributed by atoms with Crippen LogP contribution in [-0.4, -0.2) is 39.1 Å². The summed E-state index contributed by atoms with van der Waals surface area (Å²) in [5, 5.41) is 2.83. The van der Waals surface area contributed by atoms with E-state index in [4.69, 9.17) is 20.2 Å². The average Bonchev–Trinajstić information content (AvgIpc) is 3.29. The van der Waals surface area contributed by atoms with Crippen LogP contribution in [0.2, 0.25) is 0 Å². The van der Waals surface area contributed by atoms with E-state index in [2.05, 4.69) is 5.32 Å². The van der Waals surface area contributed by atoms with Gasteiger partial charge >= 0.3 is 0 Å². The number of carbonyl (C=O) groups is 2. The number of aryl methyl sites for hydroxylation is 2. The molecule has 0 fully saturated rings. The van der Waals surface area contributed by atoms with Crippen molar-refractivity contribution in [1.82, 2.24) is 14.1 Å². The molecule has 9 heteroatoms. The number of hydrogen-bond donors (Lipinski definition) is 2. The van der Waals surface area contributed by atoms with Crippen LogP contribution in [0.3, 0.4) is 0 Å². The van der Waals surface area contributed by atoms with Crippen LogP contribution in [0.1, 0.15) is 17.3 Å². The highest BCUT2D eigenvalue weighted by Gasteiger charge is 2.24. The first-order valence-corrected chi connectivity index (χ1v) is 10.5. The maximum absolute atomic E-state index is 12.3. The molecule has 0 radical (unpaired) electrons. The number of primary amides is 1. The van der Waals surface area contributed by atoms with Crippen molar-refractivity contribution in [2.45, 2.75) is 6.92 Å². The summed E-state index contributed by atoms with van der Waals surface area (Å²) >= 11 is 0. The van der Waals surface area contributed by atoms with E-state index in [0.29, 0.717) is 46.4 Å². The Morgan fingerprint density at radius 3 is 2.55 bits per heavy atom. The lowest BCUT2D eigenvalue weighted by Gasteiger charge is -2.09. The highest BCUT2D eigenvalue weighted by Crippen LogP contribution is 2.36. The van der Waals surface area contributed by atoms with Gasteiger partial charge in [0.15, 0.2) is 18.2 Å². The number of amides is 2. The molecule has 0 bridgehead atoms. The number of rotatable bonds is 8. The van der Waals surface area contributed by atoms with Crippen molar-refractivity contribution in [1.29, 1.82) is 0 Å². The summed E-state index contributed by atoms with van der Waals surface area (Å²) in [6, 6.07) is 14.6. The lowest BCUT2D eigenvalue weighted by Crippen LogP contribution is -2.20. The van der Waals surface area contributed by atoms with Crippen LogP contribution < -0.4 is 20.5 Å². The van der Waals surface area contributed by atoms with Crippen LogP contribution in [0.15, 0.2) is 54.7 Å². The van der Waals surface area contributed by atoms with Gasteiger partial charge in [-0.05, 0) is 37.3 Å². The predicted octanol–water partition coefficient (Wildman–Crippen LogP) is 3.09. The summed E-state index contributed by atoms with van der Waals surface area (Å²) in [6.07, 6.45) is 1.64. The fraction of sp³-hybridized carbons (Fsp3) is 0.208. The van der Waals surface area contributed by atoms with Gasteiger partial charge in [-0.25, -0.2) is 4.98 Å². The molecule has 2 amide bonds. The van der Waals surface area contributed by atoms with Gasteiger partial charge in [0, 0.05) is 26.0 Å². The number of hydrogen-bond acceptors (Lipinski definition) is 5. The molecule has 0 unspecified atom stereocenters. The standard InChI is InChI=1S/C24H25N5O4/c1-4-32-22-17(23(25)31)13-28(2)21(22)24-27-18-12-15(10-11-19(18)29(24)3)26-20(30)14-33-16-8-6-5-7-9-16/h5-13H,4,14H2,1-3H3,(H2,25,31)(H,26,30). The van der Waals surface area contributed by atoms with Gasteiger partial charge in [0.25, 0.3) is 11.8 Å². The second-order valence-corrected chi connectivity index (χ2v) is 7.48. The normalized spacial score (nSPS) is 10.9. The van der Waals surface area contributed by atoms with Gasteiger partial charge in [-0.2, -0.15) is 0 Å². The average molecular weight is 447 g/mol. The first kappa shape index (κ1) is 21.9. The van der Waals surface area contributed by atoms with Crippen LogP contribution in [0.5, 0.6) is 11.5 Å². The molecule has 0 saturated carbocycles. The molecular weight excluding hydrogens is 422 g/mol. The zero-order valence-corrected chi connectivity index (χ0v) is 18.7. The number of aromatic nitrogens is 3. The zero-order valence-electron chi connectivity index (χ0n) is 18.7. The third-order valence-corrected chi connectivity index (χ3v) is 5.18. The molecule has 0 spiro atoms. The van der Waals surface area contributed by atoms with Crippen LogP contribution in [0, 0.1) is 0 Å². The first-order chi connectivity index (χ1) is 15.9. The van der Waals surface area contributed by atoms with Crippen molar-refractivity contribution < 1.29 is 19.1 Å². The minimum Gasteiger partial charge on any atom is -0.491 e. The Hall–Kier alpha value is -4.27. The fourth-order valence-corrected chi connectivity index (χ4v) is 3.68. The largest absolute Gasteiger partial charge is 0.491 e. The Bertz CT molecular complexity index is 1320. The van der Waals surface area contributed by atoms with Crippen LogP contribution in [0.4, 0.5) is 5.69 Å². The number of imidazole rings is 1. The molecule has 33 heavy (non-hydrogen) atoms. The van der Waals surface area contributed by atoms with Crippen LogP contribution in [-0.2, 0) is 18.9 Å². The number of ether oxygens (including phenoxy) is 2. The molecule has 4 rings (SSSR count).